The van der Waals surface area contributed by atoms with Gasteiger partial charge in [0, 0.05) is 52.0 Å². The van der Waals surface area contributed by atoms with Gasteiger partial charge in [0.05, 0.1) is 5.56 Å². The minimum Gasteiger partial charge on any atom is -0.385 e. The first-order valence-corrected chi connectivity index (χ1v) is 10.6. The maximum absolute atomic E-state index is 12.8. The van der Waals surface area contributed by atoms with E-state index in [2.05, 4.69) is 21.4 Å². The lowest BCUT2D eigenvalue weighted by Crippen LogP contribution is -2.32. The Hall–Kier alpha value is -3.84. The Morgan fingerprint density at radius 1 is 1.39 bits per heavy atom. The monoisotopic (exact) mass is 450 g/mol. The Morgan fingerprint density at radius 2 is 2.21 bits per heavy atom. The van der Waals surface area contributed by atoms with Crippen molar-refractivity contribution in [2.75, 3.05) is 37.5 Å². The van der Waals surface area contributed by atoms with Gasteiger partial charge in [0.15, 0.2) is 6.29 Å². The molecule has 0 spiro atoms. The van der Waals surface area contributed by atoms with Crippen molar-refractivity contribution < 1.29 is 19.1 Å². The molecule has 0 atom stereocenters. The van der Waals surface area contributed by atoms with E-state index in [-0.39, 0.29) is 17.4 Å². The maximum atomic E-state index is 12.8. The molecule has 0 aliphatic carbocycles. The molecule has 33 heavy (non-hydrogen) atoms. The number of pyridine rings is 2. The fraction of sp³-hybridized carbons (Fsp3) is 0.391. The van der Waals surface area contributed by atoms with Gasteiger partial charge in [0.2, 0.25) is 5.91 Å². The molecule has 0 aromatic carbocycles. The SMILES string of the molecule is COCCCc1cc(NC(=O)N(C)c2ccc(CN3CCCC3=O)c(C=O)n2)ncc1C#N. The summed E-state index contributed by atoms with van der Waals surface area (Å²) < 4.78 is 5.06. The smallest absolute Gasteiger partial charge is 0.328 e. The molecule has 2 aromatic heterocycles. The summed E-state index contributed by atoms with van der Waals surface area (Å²) in [6, 6.07) is 6.61. The lowest BCUT2D eigenvalue weighted by Gasteiger charge is -2.20. The zero-order chi connectivity index (χ0) is 23.8. The summed E-state index contributed by atoms with van der Waals surface area (Å²) in [7, 11) is 3.14. The van der Waals surface area contributed by atoms with Crippen molar-refractivity contribution in [3.8, 4) is 6.07 Å². The normalized spacial score (nSPS) is 13.0. The van der Waals surface area contributed by atoms with Crippen LogP contribution in [0, 0.1) is 11.3 Å². The van der Waals surface area contributed by atoms with Crippen LogP contribution in [0.15, 0.2) is 24.4 Å². The van der Waals surface area contributed by atoms with Crippen LogP contribution in [0.1, 0.15) is 46.4 Å². The quantitative estimate of drug-likeness (QED) is 0.459. The van der Waals surface area contributed by atoms with Crippen LogP contribution in [-0.4, -0.2) is 60.4 Å². The predicted octanol–water partition coefficient (Wildman–Crippen LogP) is 2.53. The summed E-state index contributed by atoms with van der Waals surface area (Å²) in [6.07, 6.45) is 4.72. The molecule has 0 bridgehead atoms. The highest BCUT2D eigenvalue weighted by Gasteiger charge is 2.22. The topological polar surface area (TPSA) is 129 Å². The number of aryl methyl sites for hydroxylation is 1. The molecule has 1 aliphatic heterocycles. The Morgan fingerprint density at radius 3 is 2.88 bits per heavy atom. The Kier molecular flexibility index (Phi) is 8.05. The van der Waals surface area contributed by atoms with E-state index in [1.807, 2.05) is 0 Å². The van der Waals surface area contributed by atoms with Crippen LogP contribution in [0.2, 0.25) is 0 Å². The molecule has 1 aliphatic rings. The van der Waals surface area contributed by atoms with Crippen molar-refractivity contribution in [3.63, 3.8) is 0 Å². The lowest BCUT2D eigenvalue weighted by atomic mass is 10.1. The van der Waals surface area contributed by atoms with Crippen molar-refractivity contribution in [1.82, 2.24) is 14.9 Å². The number of rotatable bonds is 9. The van der Waals surface area contributed by atoms with Crippen molar-refractivity contribution in [1.29, 1.82) is 5.26 Å². The summed E-state index contributed by atoms with van der Waals surface area (Å²) >= 11 is 0. The van der Waals surface area contributed by atoms with Crippen LogP contribution in [-0.2, 0) is 22.5 Å². The van der Waals surface area contributed by atoms with Gasteiger partial charge in [-0.25, -0.2) is 14.8 Å². The Balaban J connectivity index is 1.71. The van der Waals surface area contributed by atoms with Gasteiger partial charge in [-0.15, -0.1) is 0 Å². The van der Waals surface area contributed by atoms with Crippen LogP contribution >= 0.6 is 0 Å². The number of aromatic nitrogens is 2. The number of ether oxygens (including phenoxy) is 1. The molecule has 2 aromatic rings. The molecule has 3 rings (SSSR count). The van der Waals surface area contributed by atoms with Gasteiger partial charge in [-0.2, -0.15) is 5.26 Å². The number of nitriles is 1. The third-order valence-electron chi connectivity index (χ3n) is 5.43. The van der Waals surface area contributed by atoms with E-state index < -0.39 is 6.03 Å². The summed E-state index contributed by atoms with van der Waals surface area (Å²) in [5.41, 5.74) is 2.03. The minimum atomic E-state index is -0.498. The maximum Gasteiger partial charge on any atom is 0.328 e. The number of methoxy groups -OCH3 is 1. The number of nitrogens with one attached hydrogen (secondary N) is 1. The highest BCUT2D eigenvalue weighted by Crippen LogP contribution is 2.20. The fourth-order valence-electron chi connectivity index (χ4n) is 3.57. The fourth-order valence-corrected chi connectivity index (χ4v) is 3.57. The van der Waals surface area contributed by atoms with Crippen LogP contribution in [0.3, 0.4) is 0 Å². The summed E-state index contributed by atoms with van der Waals surface area (Å²) in [6.45, 7) is 1.54. The zero-order valence-electron chi connectivity index (χ0n) is 18.7. The standard InChI is InChI=1S/C23H26N6O4/c1-28(21-8-7-17(19(15-30)26-21)14-29-9-3-6-22(29)31)23(32)27-20-11-16(5-4-10-33-2)18(12-24)13-25-20/h7-8,11,13,15H,3-6,9-10,14H2,1-2H3,(H,25,27,32). The van der Waals surface area contributed by atoms with E-state index in [1.54, 1.807) is 30.2 Å². The molecule has 172 valence electrons. The number of aldehydes is 1. The lowest BCUT2D eigenvalue weighted by molar-refractivity contribution is -0.128. The number of amides is 3. The summed E-state index contributed by atoms with van der Waals surface area (Å²) in [4.78, 5) is 47.6. The average molecular weight is 450 g/mol. The second-order valence-corrected chi connectivity index (χ2v) is 7.67. The van der Waals surface area contributed by atoms with Gasteiger partial charge >= 0.3 is 6.03 Å². The predicted molar refractivity (Wildman–Crippen MR) is 121 cm³/mol. The van der Waals surface area contributed by atoms with Crippen LogP contribution in [0.4, 0.5) is 16.4 Å². The molecule has 1 fully saturated rings. The van der Waals surface area contributed by atoms with E-state index in [1.165, 1.54) is 18.1 Å². The van der Waals surface area contributed by atoms with Gasteiger partial charge in [0.25, 0.3) is 0 Å². The first-order valence-electron chi connectivity index (χ1n) is 10.6. The van der Waals surface area contributed by atoms with Gasteiger partial charge in [-0.3, -0.25) is 19.8 Å². The highest BCUT2D eigenvalue weighted by atomic mass is 16.5. The average Bonchev–Trinajstić information content (AvgIpc) is 3.23. The van der Waals surface area contributed by atoms with E-state index in [0.717, 1.165) is 18.4 Å². The van der Waals surface area contributed by atoms with Gasteiger partial charge in [-0.1, -0.05) is 6.07 Å². The number of carbonyl (C=O) groups is 3. The largest absolute Gasteiger partial charge is 0.385 e. The number of nitrogens with zero attached hydrogens (tertiary/aromatic N) is 5. The van der Waals surface area contributed by atoms with Crippen molar-refractivity contribution in [2.45, 2.75) is 32.2 Å². The second kappa shape index (κ2) is 11.2. The van der Waals surface area contributed by atoms with Crippen molar-refractivity contribution in [3.05, 3.63) is 46.8 Å². The number of hydrogen-bond acceptors (Lipinski definition) is 7. The molecule has 3 amide bonds. The molecule has 1 N–H and O–H groups in total. The van der Waals surface area contributed by atoms with Crippen molar-refractivity contribution >= 4 is 29.9 Å². The van der Waals surface area contributed by atoms with E-state index in [0.29, 0.717) is 55.8 Å². The number of carbonyl (C=O) groups excluding carboxylic acids is 3. The Bertz CT molecular complexity index is 1080. The summed E-state index contributed by atoms with van der Waals surface area (Å²) in [5.74, 6) is 0.641. The van der Waals surface area contributed by atoms with Gasteiger partial charge in [0.1, 0.15) is 23.4 Å². The third-order valence-corrected chi connectivity index (χ3v) is 5.43. The molecule has 1 saturated heterocycles. The highest BCUT2D eigenvalue weighted by molar-refractivity contribution is 6.00. The summed E-state index contributed by atoms with van der Waals surface area (Å²) in [5, 5.41) is 12.0. The molecule has 10 heteroatoms. The number of hydrogen-bond donors (Lipinski definition) is 1. The minimum absolute atomic E-state index is 0.0592. The molecule has 3 heterocycles. The van der Waals surface area contributed by atoms with Crippen LogP contribution < -0.4 is 10.2 Å². The number of likely N-dealkylation sites (tertiary alicyclic amines) is 1. The Labute approximate surface area is 192 Å². The van der Waals surface area contributed by atoms with E-state index in [4.69, 9.17) is 4.74 Å². The molecular weight excluding hydrogens is 424 g/mol. The molecule has 0 saturated carbocycles. The first kappa shape index (κ1) is 23.8. The van der Waals surface area contributed by atoms with E-state index >= 15 is 0 Å². The zero-order valence-corrected chi connectivity index (χ0v) is 18.7. The van der Waals surface area contributed by atoms with Crippen LogP contribution in [0.25, 0.3) is 0 Å². The van der Waals surface area contributed by atoms with E-state index in [9.17, 15) is 19.6 Å². The van der Waals surface area contributed by atoms with Gasteiger partial charge < -0.3 is 9.64 Å². The molecule has 10 nitrogen and oxygen atoms in total. The van der Waals surface area contributed by atoms with Gasteiger partial charge in [-0.05, 0) is 37.0 Å². The molecular formula is C23H26N6O4. The number of urea groups is 1. The molecule has 0 unspecified atom stereocenters. The second-order valence-electron chi connectivity index (χ2n) is 7.67. The molecule has 0 radical (unpaired) electrons. The first-order chi connectivity index (χ1) is 16.0. The third kappa shape index (κ3) is 5.90. The van der Waals surface area contributed by atoms with Crippen molar-refractivity contribution in [2.24, 2.45) is 0 Å². The number of anilines is 2. The van der Waals surface area contributed by atoms with Crippen LogP contribution in [0.5, 0.6) is 0 Å².